The first-order valence-electron chi connectivity index (χ1n) is 6.51. The minimum absolute atomic E-state index is 0.0697. The number of rotatable bonds is 6. The van der Waals surface area contributed by atoms with Crippen LogP contribution in [0.1, 0.15) is 19.5 Å². The lowest BCUT2D eigenvalue weighted by Gasteiger charge is -2.19. The lowest BCUT2D eigenvalue weighted by atomic mass is 10.1. The van der Waals surface area contributed by atoms with Gasteiger partial charge in [0.1, 0.15) is 11.4 Å². The molecule has 0 saturated carbocycles. The van der Waals surface area contributed by atoms with Gasteiger partial charge in [-0.15, -0.1) is 0 Å². The molecule has 1 unspecified atom stereocenters. The van der Waals surface area contributed by atoms with Crippen LogP contribution in [-0.4, -0.2) is 33.2 Å². The van der Waals surface area contributed by atoms with E-state index in [4.69, 9.17) is 0 Å². The largest absolute Gasteiger partial charge is 0.395 e. The van der Waals surface area contributed by atoms with E-state index in [1.807, 2.05) is 30.3 Å². The van der Waals surface area contributed by atoms with Crippen LogP contribution in [0, 0.1) is 5.92 Å². The monoisotopic (exact) mass is 260 g/mol. The fraction of sp³-hybridized carbons (Fsp3) is 0.429. The first kappa shape index (κ1) is 13.7. The summed E-state index contributed by atoms with van der Waals surface area (Å²) in [5.41, 5.74) is 2.76. The van der Waals surface area contributed by atoms with Crippen LogP contribution in [0.4, 0.5) is 0 Å². The van der Waals surface area contributed by atoms with Crippen molar-refractivity contribution in [3.8, 4) is 11.3 Å². The molecule has 0 aliphatic rings. The van der Waals surface area contributed by atoms with E-state index in [9.17, 15) is 5.11 Å². The highest BCUT2D eigenvalue weighted by Crippen LogP contribution is 2.19. The van der Waals surface area contributed by atoms with Crippen molar-refractivity contribution in [2.75, 3.05) is 6.61 Å². The number of aromatic nitrogens is 3. The van der Waals surface area contributed by atoms with E-state index in [0.29, 0.717) is 12.5 Å². The smallest absolute Gasteiger partial charge is 0.117 e. The first-order chi connectivity index (χ1) is 9.22. The maximum atomic E-state index is 9.31. The zero-order valence-electron chi connectivity index (χ0n) is 11.3. The number of aliphatic hydroxyl groups excluding tert-OH is 1. The Labute approximate surface area is 113 Å². The summed E-state index contributed by atoms with van der Waals surface area (Å²) in [6.45, 7) is 4.86. The number of hydrogen-bond donors (Lipinski definition) is 3. The van der Waals surface area contributed by atoms with Crippen molar-refractivity contribution >= 4 is 0 Å². The fourth-order valence-electron chi connectivity index (χ4n) is 1.94. The van der Waals surface area contributed by atoms with Crippen LogP contribution < -0.4 is 5.32 Å². The van der Waals surface area contributed by atoms with E-state index in [-0.39, 0.29) is 12.6 Å². The highest BCUT2D eigenvalue weighted by molar-refractivity contribution is 5.60. The van der Waals surface area contributed by atoms with Gasteiger partial charge in [-0.3, -0.25) is 0 Å². The van der Waals surface area contributed by atoms with E-state index in [2.05, 4.69) is 34.6 Å². The van der Waals surface area contributed by atoms with Crippen LogP contribution in [0.3, 0.4) is 0 Å². The molecular formula is C14H20N4O. The number of hydrogen-bond acceptors (Lipinski definition) is 4. The van der Waals surface area contributed by atoms with Gasteiger partial charge >= 0.3 is 0 Å². The van der Waals surface area contributed by atoms with Gasteiger partial charge in [0.15, 0.2) is 0 Å². The topological polar surface area (TPSA) is 73.8 Å². The molecule has 0 aliphatic heterocycles. The molecule has 5 heteroatoms. The van der Waals surface area contributed by atoms with E-state index >= 15 is 0 Å². The third-order valence-corrected chi connectivity index (χ3v) is 3.20. The van der Waals surface area contributed by atoms with Crippen LogP contribution in [0.15, 0.2) is 30.3 Å². The molecule has 0 spiro atoms. The maximum absolute atomic E-state index is 9.31. The van der Waals surface area contributed by atoms with Gasteiger partial charge in [0, 0.05) is 18.2 Å². The van der Waals surface area contributed by atoms with Crippen molar-refractivity contribution in [3.05, 3.63) is 36.0 Å². The van der Waals surface area contributed by atoms with Gasteiger partial charge in [-0.25, -0.2) is 0 Å². The van der Waals surface area contributed by atoms with Gasteiger partial charge in [0.2, 0.25) is 0 Å². The third-order valence-electron chi connectivity index (χ3n) is 3.20. The predicted octanol–water partition coefficient (Wildman–Crippen LogP) is 1.58. The van der Waals surface area contributed by atoms with Crippen molar-refractivity contribution in [3.63, 3.8) is 0 Å². The van der Waals surface area contributed by atoms with Crippen LogP contribution in [-0.2, 0) is 6.54 Å². The van der Waals surface area contributed by atoms with Crippen molar-refractivity contribution < 1.29 is 5.11 Å². The van der Waals surface area contributed by atoms with Gasteiger partial charge in [0.05, 0.1) is 6.61 Å². The van der Waals surface area contributed by atoms with Crippen LogP contribution in [0.2, 0.25) is 0 Å². The second kappa shape index (κ2) is 6.45. The lowest BCUT2D eigenvalue weighted by molar-refractivity contribution is 0.209. The van der Waals surface area contributed by atoms with Crippen LogP contribution in [0.25, 0.3) is 11.3 Å². The van der Waals surface area contributed by atoms with Gasteiger partial charge in [-0.2, -0.15) is 15.4 Å². The Balaban J connectivity index is 2.08. The summed E-state index contributed by atoms with van der Waals surface area (Å²) in [4.78, 5) is 0. The summed E-state index contributed by atoms with van der Waals surface area (Å²) in [5, 5.41) is 23.7. The van der Waals surface area contributed by atoms with E-state index < -0.39 is 0 Å². The molecule has 1 aromatic carbocycles. The van der Waals surface area contributed by atoms with Gasteiger partial charge < -0.3 is 10.4 Å². The van der Waals surface area contributed by atoms with E-state index in [0.717, 1.165) is 17.0 Å². The molecule has 1 aromatic heterocycles. The molecule has 3 N–H and O–H groups in total. The summed E-state index contributed by atoms with van der Waals surface area (Å²) in [5.74, 6) is 0.372. The quantitative estimate of drug-likeness (QED) is 0.737. The average Bonchev–Trinajstić information content (AvgIpc) is 2.88. The van der Waals surface area contributed by atoms with Gasteiger partial charge in [0.25, 0.3) is 0 Å². The molecule has 0 aliphatic carbocycles. The molecule has 0 bridgehead atoms. The Hall–Kier alpha value is -1.72. The molecule has 0 saturated heterocycles. The second-order valence-corrected chi connectivity index (χ2v) is 4.90. The third kappa shape index (κ3) is 3.39. The molecule has 1 heterocycles. The van der Waals surface area contributed by atoms with Crippen molar-refractivity contribution in [2.45, 2.75) is 26.4 Å². The molecule has 2 rings (SSSR count). The zero-order chi connectivity index (χ0) is 13.7. The molecule has 5 nitrogen and oxygen atoms in total. The zero-order valence-corrected chi connectivity index (χ0v) is 11.3. The second-order valence-electron chi connectivity index (χ2n) is 4.90. The Morgan fingerprint density at radius 2 is 1.95 bits per heavy atom. The Kier molecular flexibility index (Phi) is 4.65. The summed E-state index contributed by atoms with van der Waals surface area (Å²) < 4.78 is 0. The van der Waals surface area contributed by atoms with E-state index in [1.54, 1.807) is 0 Å². The van der Waals surface area contributed by atoms with Crippen molar-refractivity contribution in [2.24, 2.45) is 5.92 Å². The molecule has 19 heavy (non-hydrogen) atoms. The SMILES string of the molecule is CC(C)C(CO)NCc1n[nH]nc1-c1ccccc1. The Morgan fingerprint density at radius 3 is 2.58 bits per heavy atom. The average molecular weight is 260 g/mol. The van der Waals surface area contributed by atoms with Crippen molar-refractivity contribution in [1.82, 2.24) is 20.7 Å². The fourth-order valence-corrected chi connectivity index (χ4v) is 1.94. The Morgan fingerprint density at radius 1 is 1.21 bits per heavy atom. The van der Waals surface area contributed by atoms with Gasteiger partial charge in [-0.1, -0.05) is 44.2 Å². The van der Waals surface area contributed by atoms with Crippen LogP contribution in [0.5, 0.6) is 0 Å². The minimum Gasteiger partial charge on any atom is -0.395 e. The number of benzene rings is 1. The summed E-state index contributed by atoms with van der Waals surface area (Å²) in [6, 6.07) is 10.0. The van der Waals surface area contributed by atoms with E-state index in [1.165, 1.54) is 0 Å². The Bertz CT molecular complexity index is 495. The van der Waals surface area contributed by atoms with Gasteiger partial charge in [-0.05, 0) is 5.92 Å². The standard InChI is InChI=1S/C14H20N4O/c1-10(2)13(9-19)15-8-12-14(17-18-16-12)11-6-4-3-5-7-11/h3-7,10,13,15,19H,8-9H2,1-2H3,(H,16,17,18). The number of aromatic amines is 1. The summed E-state index contributed by atoms with van der Waals surface area (Å²) in [7, 11) is 0. The van der Waals surface area contributed by atoms with Crippen molar-refractivity contribution in [1.29, 1.82) is 0 Å². The summed E-state index contributed by atoms with van der Waals surface area (Å²) in [6.07, 6.45) is 0. The first-order valence-corrected chi connectivity index (χ1v) is 6.51. The number of nitrogens with zero attached hydrogens (tertiary/aromatic N) is 2. The van der Waals surface area contributed by atoms with Crippen LogP contribution >= 0.6 is 0 Å². The number of aliphatic hydroxyl groups is 1. The lowest BCUT2D eigenvalue weighted by Crippen LogP contribution is -2.36. The molecule has 0 radical (unpaired) electrons. The number of nitrogens with one attached hydrogen (secondary N) is 2. The number of H-pyrrole nitrogens is 1. The molecule has 102 valence electrons. The molecule has 1 atom stereocenters. The maximum Gasteiger partial charge on any atom is 0.117 e. The molecule has 2 aromatic rings. The molecular weight excluding hydrogens is 240 g/mol. The minimum atomic E-state index is 0.0697. The normalized spacial score (nSPS) is 12.8. The molecule has 0 amide bonds. The molecule has 0 fully saturated rings. The predicted molar refractivity (Wildman–Crippen MR) is 74.4 cm³/mol. The highest BCUT2D eigenvalue weighted by Gasteiger charge is 2.14. The summed E-state index contributed by atoms with van der Waals surface area (Å²) >= 11 is 0. The highest BCUT2D eigenvalue weighted by atomic mass is 16.3.